The molecule has 3 rings (SSSR count). The fourth-order valence-corrected chi connectivity index (χ4v) is 4.31. The van der Waals surface area contributed by atoms with Gasteiger partial charge in [0.05, 0.1) is 21.4 Å². The molecule has 0 fully saturated rings. The number of hydrogen-bond donors (Lipinski definition) is 1. The molecule has 0 saturated heterocycles. The van der Waals surface area contributed by atoms with Gasteiger partial charge >= 0.3 is 0 Å². The minimum absolute atomic E-state index is 0.0284. The molecule has 1 aromatic heterocycles. The lowest BCUT2D eigenvalue weighted by Gasteiger charge is -2.20. The number of anilines is 1. The summed E-state index contributed by atoms with van der Waals surface area (Å²) < 4.78 is 7.99. The molecule has 0 aliphatic carbocycles. The first-order valence-corrected chi connectivity index (χ1v) is 12.4. The second-order valence-corrected chi connectivity index (χ2v) is 10.2. The minimum atomic E-state index is -0.547. The lowest BCUT2D eigenvalue weighted by molar-refractivity contribution is -0.384. The number of benzene rings is 2. The van der Waals surface area contributed by atoms with Crippen LogP contribution in [0, 0.1) is 10.1 Å². The molecule has 0 bridgehead atoms. The molecular weight excluding hydrogens is 490 g/mol. The molecule has 1 atom stereocenters. The van der Waals surface area contributed by atoms with E-state index in [0.29, 0.717) is 17.5 Å². The molecule has 35 heavy (non-hydrogen) atoms. The second kappa shape index (κ2) is 11.1. The number of nitrogens with one attached hydrogen (secondary N) is 1. The molecular formula is C24H28ClN5O4S. The van der Waals surface area contributed by atoms with Crippen LogP contribution in [0.25, 0.3) is 0 Å². The van der Waals surface area contributed by atoms with E-state index in [-0.39, 0.29) is 39.6 Å². The van der Waals surface area contributed by atoms with Gasteiger partial charge in [-0.25, -0.2) is 0 Å². The molecule has 11 heteroatoms. The van der Waals surface area contributed by atoms with Crippen LogP contribution in [0.15, 0.2) is 47.6 Å². The maximum atomic E-state index is 12.5. The van der Waals surface area contributed by atoms with Crippen LogP contribution in [0.1, 0.15) is 52.1 Å². The number of nitro groups is 1. The van der Waals surface area contributed by atoms with Crippen LogP contribution >= 0.6 is 23.4 Å². The summed E-state index contributed by atoms with van der Waals surface area (Å²) >= 11 is 7.27. The molecule has 3 aromatic rings. The number of thioether (sulfide) groups is 1. The van der Waals surface area contributed by atoms with Gasteiger partial charge in [0, 0.05) is 18.7 Å². The Kier molecular flexibility index (Phi) is 8.39. The van der Waals surface area contributed by atoms with Crippen molar-refractivity contribution in [3.05, 3.63) is 69.0 Å². The number of nitro benzene ring substituents is 1. The van der Waals surface area contributed by atoms with E-state index in [0.717, 1.165) is 5.75 Å². The topological polar surface area (TPSA) is 112 Å². The van der Waals surface area contributed by atoms with Gasteiger partial charge in [0.15, 0.2) is 17.1 Å². The van der Waals surface area contributed by atoms with Crippen molar-refractivity contribution in [3.63, 3.8) is 0 Å². The zero-order valence-corrected chi connectivity index (χ0v) is 21.8. The number of amides is 1. The van der Waals surface area contributed by atoms with Crippen molar-refractivity contribution in [2.75, 3.05) is 11.1 Å². The third-order valence-corrected chi connectivity index (χ3v) is 6.52. The van der Waals surface area contributed by atoms with Gasteiger partial charge < -0.3 is 14.6 Å². The molecule has 1 N–H and O–H groups in total. The number of rotatable bonds is 9. The summed E-state index contributed by atoms with van der Waals surface area (Å²) in [7, 11) is 0. The number of nitrogens with zero attached hydrogens (tertiary/aromatic N) is 4. The predicted octanol–water partition coefficient (Wildman–Crippen LogP) is 6.03. The number of non-ortho nitro benzene ring substituents is 1. The van der Waals surface area contributed by atoms with Crippen LogP contribution < -0.4 is 10.1 Å². The van der Waals surface area contributed by atoms with E-state index in [2.05, 4.69) is 48.4 Å². The first kappa shape index (κ1) is 26.5. The normalized spacial score (nSPS) is 12.3. The monoisotopic (exact) mass is 517 g/mol. The average Bonchev–Trinajstić information content (AvgIpc) is 3.22. The molecule has 1 unspecified atom stereocenters. The van der Waals surface area contributed by atoms with Crippen molar-refractivity contribution in [1.82, 2.24) is 14.8 Å². The van der Waals surface area contributed by atoms with Gasteiger partial charge in [0.25, 0.3) is 5.69 Å². The van der Waals surface area contributed by atoms with Gasteiger partial charge in [-0.05, 0) is 43.0 Å². The van der Waals surface area contributed by atoms with Crippen molar-refractivity contribution < 1.29 is 14.5 Å². The van der Waals surface area contributed by atoms with Crippen LogP contribution in [-0.2, 0) is 16.8 Å². The van der Waals surface area contributed by atoms with Crippen LogP contribution in [0.5, 0.6) is 5.75 Å². The molecule has 0 aliphatic rings. The SMILES string of the molecule is CCn1c(SCC(=O)Nc2cc([N+](=O)[O-])ccc2Cl)nnc1C(C)Oc1ccc(C(C)(C)C)cc1. The van der Waals surface area contributed by atoms with E-state index < -0.39 is 4.92 Å². The fourth-order valence-electron chi connectivity index (χ4n) is 3.33. The maximum Gasteiger partial charge on any atom is 0.271 e. The summed E-state index contributed by atoms with van der Waals surface area (Å²) in [4.78, 5) is 22.9. The number of carbonyl (C=O) groups is 1. The average molecular weight is 518 g/mol. The zero-order valence-electron chi connectivity index (χ0n) is 20.2. The molecule has 0 spiro atoms. The van der Waals surface area contributed by atoms with Crippen LogP contribution in [-0.4, -0.2) is 31.3 Å². The van der Waals surface area contributed by atoms with Crippen LogP contribution in [0.2, 0.25) is 5.02 Å². The summed E-state index contributed by atoms with van der Waals surface area (Å²) in [5, 5.41) is 22.9. The Morgan fingerprint density at radius 3 is 2.51 bits per heavy atom. The van der Waals surface area contributed by atoms with E-state index in [1.165, 1.54) is 35.5 Å². The van der Waals surface area contributed by atoms with Crippen LogP contribution in [0.3, 0.4) is 0 Å². The molecule has 0 radical (unpaired) electrons. The van der Waals surface area contributed by atoms with Gasteiger partial charge in [0.1, 0.15) is 5.75 Å². The van der Waals surface area contributed by atoms with Crippen molar-refractivity contribution in [1.29, 1.82) is 0 Å². The Labute approximate surface area is 213 Å². The third-order valence-electron chi connectivity index (χ3n) is 5.23. The summed E-state index contributed by atoms with van der Waals surface area (Å²) in [5.41, 5.74) is 1.31. The molecule has 9 nitrogen and oxygen atoms in total. The number of ether oxygens (including phenoxy) is 1. The summed E-state index contributed by atoms with van der Waals surface area (Å²) in [5.74, 6) is 1.05. The predicted molar refractivity (Wildman–Crippen MR) is 137 cm³/mol. The van der Waals surface area contributed by atoms with E-state index in [9.17, 15) is 14.9 Å². The van der Waals surface area contributed by atoms with Gasteiger partial charge in [-0.1, -0.05) is 56.3 Å². The first-order chi connectivity index (χ1) is 16.5. The molecule has 1 heterocycles. The zero-order chi connectivity index (χ0) is 25.8. The quantitative estimate of drug-likeness (QED) is 0.209. The molecule has 1 amide bonds. The smallest absolute Gasteiger partial charge is 0.271 e. The standard InChI is InChI=1S/C24H28ClN5O4S/c1-6-29-22(15(2)34-18-10-7-16(8-11-18)24(3,4)5)27-28-23(29)35-14-21(31)26-20-13-17(30(32)33)9-12-19(20)25/h7-13,15H,6,14H2,1-5H3,(H,26,31). The Morgan fingerprint density at radius 2 is 1.91 bits per heavy atom. The number of hydrogen-bond acceptors (Lipinski definition) is 7. The molecule has 0 aliphatic heterocycles. The highest BCUT2D eigenvalue weighted by Crippen LogP contribution is 2.29. The fraction of sp³-hybridized carbons (Fsp3) is 0.375. The summed E-state index contributed by atoms with van der Waals surface area (Å²) in [6.07, 6.45) is -0.352. The largest absolute Gasteiger partial charge is 0.483 e. The Bertz CT molecular complexity index is 1210. The first-order valence-electron chi connectivity index (χ1n) is 11.1. The van der Waals surface area contributed by atoms with E-state index >= 15 is 0 Å². The van der Waals surface area contributed by atoms with Crippen molar-refractivity contribution in [3.8, 4) is 5.75 Å². The Hall–Kier alpha value is -3.11. The van der Waals surface area contributed by atoms with Crippen molar-refractivity contribution >= 4 is 40.6 Å². The molecule has 0 saturated carbocycles. The van der Waals surface area contributed by atoms with Crippen LogP contribution in [0.4, 0.5) is 11.4 Å². The number of aromatic nitrogens is 3. The van der Waals surface area contributed by atoms with E-state index in [1.54, 1.807) is 0 Å². The highest BCUT2D eigenvalue weighted by atomic mass is 35.5. The highest BCUT2D eigenvalue weighted by Gasteiger charge is 2.21. The van der Waals surface area contributed by atoms with Gasteiger partial charge in [-0.15, -0.1) is 10.2 Å². The Morgan fingerprint density at radius 1 is 1.23 bits per heavy atom. The van der Waals surface area contributed by atoms with Gasteiger partial charge in [-0.3, -0.25) is 14.9 Å². The second-order valence-electron chi connectivity index (χ2n) is 8.88. The number of carbonyl (C=O) groups excluding carboxylic acids is 1. The van der Waals surface area contributed by atoms with Gasteiger partial charge in [0.2, 0.25) is 5.91 Å². The third kappa shape index (κ3) is 6.73. The molecule has 2 aromatic carbocycles. The minimum Gasteiger partial charge on any atom is -0.483 e. The maximum absolute atomic E-state index is 12.5. The Balaban J connectivity index is 1.65. The van der Waals surface area contributed by atoms with E-state index in [1.807, 2.05) is 30.5 Å². The lowest BCUT2D eigenvalue weighted by Crippen LogP contribution is -2.16. The van der Waals surface area contributed by atoms with E-state index in [4.69, 9.17) is 16.3 Å². The van der Waals surface area contributed by atoms with Crippen molar-refractivity contribution in [2.24, 2.45) is 0 Å². The highest BCUT2D eigenvalue weighted by molar-refractivity contribution is 7.99. The number of halogens is 1. The van der Waals surface area contributed by atoms with Crippen molar-refractivity contribution in [2.45, 2.75) is 57.8 Å². The summed E-state index contributed by atoms with van der Waals surface area (Å²) in [6, 6.07) is 11.9. The lowest BCUT2D eigenvalue weighted by atomic mass is 9.87. The molecule has 186 valence electrons. The summed E-state index contributed by atoms with van der Waals surface area (Å²) in [6.45, 7) is 10.9. The van der Waals surface area contributed by atoms with Gasteiger partial charge in [-0.2, -0.15) is 0 Å².